The van der Waals surface area contributed by atoms with Crippen LogP contribution in [0.1, 0.15) is 0 Å². The Labute approximate surface area is 139 Å². The highest BCUT2D eigenvalue weighted by Gasteiger charge is 2.26. The molecule has 1 atom stereocenters. The molecule has 0 bridgehead atoms. The zero-order valence-corrected chi connectivity index (χ0v) is 13.4. The van der Waals surface area contributed by atoms with Crippen molar-refractivity contribution < 1.29 is 18.9 Å². The molecule has 1 aliphatic heterocycles. The van der Waals surface area contributed by atoms with Crippen LogP contribution in [0.25, 0.3) is 21.6 Å². The standard InChI is InChI=1S/C17H17N3O4/c1-21-13-6-4-7-14(22-2)16(13)12-5-3-8-15-17(12)24-11(10-23-15)9-19-20-18/h3-8,11H,9-10H2,1-2H3/t11-/m0/s1. The monoisotopic (exact) mass is 327 g/mol. The molecule has 0 aliphatic carbocycles. The molecule has 0 saturated carbocycles. The number of rotatable bonds is 5. The summed E-state index contributed by atoms with van der Waals surface area (Å²) >= 11 is 0. The Hall–Kier alpha value is -3.05. The second-order valence-electron chi connectivity index (χ2n) is 5.13. The molecule has 124 valence electrons. The molecule has 0 radical (unpaired) electrons. The van der Waals surface area contributed by atoms with Crippen LogP contribution in [-0.2, 0) is 0 Å². The van der Waals surface area contributed by atoms with Crippen molar-refractivity contribution in [3.05, 3.63) is 46.8 Å². The van der Waals surface area contributed by atoms with E-state index in [1.165, 1.54) is 0 Å². The summed E-state index contributed by atoms with van der Waals surface area (Å²) in [7, 11) is 3.21. The van der Waals surface area contributed by atoms with Crippen molar-refractivity contribution in [2.75, 3.05) is 27.4 Å². The second kappa shape index (κ2) is 7.02. The van der Waals surface area contributed by atoms with Crippen LogP contribution in [-0.4, -0.2) is 33.5 Å². The molecule has 2 aromatic rings. The van der Waals surface area contributed by atoms with Crippen molar-refractivity contribution in [1.82, 2.24) is 0 Å². The van der Waals surface area contributed by atoms with Gasteiger partial charge in [0.25, 0.3) is 0 Å². The maximum atomic E-state index is 8.49. The van der Waals surface area contributed by atoms with Gasteiger partial charge in [0.05, 0.1) is 26.3 Å². The molecule has 2 aromatic carbocycles. The third-order valence-electron chi connectivity index (χ3n) is 3.73. The van der Waals surface area contributed by atoms with Gasteiger partial charge in [0.1, 0.15) is 24.2 Å². The summed E-state index contributed by atoms with van der Waals surface area (Å²) in [4.78, 5) is 2.77. The highest BCUT2D eigenvalue weighted by atomic mass is 16.6. The number of para-hydroxylation sites is 1. The zero-order valence-electron chi connectivity index (χ0n) is 13.4. The molecule has 1 heterocycles. The summed E-state index contributed by atoms with van der Waals surface area (Å²) in [6.45, 7) is 0.534. The first-order valence-corrected chi connectivity index (χ1v) is 7.43. The van der Waals surface area contributed by atoms with Crippen molar-refractivity contribution in [2.45, 2.75) is 6.10 Å². The van der Waals surface area contributed by atoms with Crippen LogP contribution in [0.5, 0.6) is 23.0 Å². The first-order valence-electron chi connectivity index (χ1n) is 7.43. The van der Waals surface area contributed by atoms with Gasteiger partial charge in [-0.15, -0.1) is 0 Å². The van der Waals surface area contributed by atoms with E-state index < -0.39 is 0 Å². The molecule has 1 aliphatic rings. The molecular formula is C17H17N3O4. The number of hydrogen-bond donors (Lipinski definition) is 0. The Morgan fingerprint density at radius 3 is 2.54 bits per heavy atom. The fraction of sp³-hybridized carbons (Fsp3) is 0.294. The molecule has 3 rings (SSSR count). The van der Waals surface area contributed by atoms with Crippen LogP contribution in [0.2, 0.25) is 0 Å². The fourth-order valence-corrected chi connectivity index (χ4v) is 2.67. The molecule has 7 nitrogen and oxygen atoms in total. The third kappa shape index (κ3) is 2.89. The maximum absolute atomic E-state index is 8.49. The van der Waals surface area contributed by atoms with E-state index in [0.29, 0.717) is 29.6 Å². The van der Waals surface area contributed by atoms with Crippen molar-refractivity contribution in [3.8, 4) is 34.1 Å². The van der Waals surface area contributed by atoms with E-state index in [-0.39, 0.29) is 12.6 Å². The van der Waals surface area contributed by atoms with Gasteiger partial charge in [-0.2, -0.15) is 0 Å². The Kier molecular flexibility index (Phi) is 4.63. The van der Waals surface area contributed by atoms with Gasteiger partial charge in [-0.1, -0.05) is 23.3 Å². The largest absolute Gasteiger partial charge is 0.496 e. The predicted octanol–water partition coefficient (Wildman–Crippen LogP) is 3.82. The predicted molar refractivity (Wildman–Crippen MR) is 88.9 cm³/mol. The first kappa shape index (κ1) is 15.8. The minimum absolute atomic E-state index is 0.202. The topological polar surface area (TPSA) is 85.7 Å². The lowest BCUT2D eigenvalue weighted by atomic mass is 10.0. The number of hydrogen-bond acceptors (Lipinski definition) is 5. The van der Waals surface area contributed by atoms with E-state index in [1.54, 1.807) is 14.2 Å². The average molecular weight is 327 g/mol. The number of methoxy groups -OCH3 is 2. The Bertz CT molecular complexity index is 765. The van der Waals surface area contributed by atoms with Crippen LogP contribution in [0.3, 0.4) is 0 Å². The molecule has 0 unspecified atom stereocenters. The van der Waals surface area contributed by atoms with Crippen molar-refractivity contribution in [3.63, 3.8) is 0 Å². The minimum atomic E-state index is -0.338. The number of azide groups is 1. The average Bonchev–Trinajstić information content (AvgIpc) is 2.65. The van der Waals surface area contributed by atoms with Crippen LogP contribution in [0.15, 0.2) is 41.5 Å². The van der Waals surface area contributed by atoms with Gasteiger partial charge in [0.15, 0.2) is 11.5 Å². The zero-order chi connectivity index (χ0) is 16.9. The molecule has 0 amide bonds. The van der Waals surface area contributed by atoms with E-state index in [2.05, 4.69) is 10.0 Å². The molecule has 7 heteroatoms. The molecule has 0 fully saturated rings. The van der Waals surface area contributed by atoms with E-state index in [0.717, 1.165) is 11.1 Å². The maximum Gasteiger partial charge on any atom is 0.169 e. The second-order valence-corrected chi connectivity index (χ2v) is 5.13. The first-order chi connectivity index (χ1) is 11.8. The Morgan fingerprint density at radius 2 is 1.88 bits per heavy atom. The van der Waals surface area contributed by atoms with Gasteiger partial charge in [-0.3, -0.25) is 0 Å². The van der Waals surface area contributed by atoms with E-state index in [1.807, 2.05) is 36.4 Å². The van der Waals surface area contributed by atoms with Gasteiger partial charge in [-0.05, 0) is 23.7 Å². The van der Waals surface area contributed by atoms with Gasteiger partial charge in [-0.25, -0.2) is 0 Å². The molecule has 0 saturated heterocycles. The summed E-state index contributed by atoms with van der Waals surface area (Å²) in [6, 6.07) is 11.2. The van der Waals surface area contributed by atoms with Gasteiger partial charge in [0.2, 0.25) is 0 Å². The smallest absolute Gasteiger partial charge is 0.169 e. The van der Waals surface area contributed by atoms with Gasteiger partial charge in [0, 0.05) is 10.5 Å². The van der Waals surface area contributed by atoms with E-state index >= 15 is 0 Å². The number of ether oxygens (including phenoxy) is 4. The normalized spacial score (nSPS) is 15.3. The summed E-state index contributed by atoms with van der Waals surface area (Å²) in [5.74, 6) is 2.56. The van der Waals surface area contributed by atoms with E-state index in [4.69, 9.17) is 24.5 Å². The minimum Gasteiger partial charge on any atom is -0.496 e. The molecule has 0 N–H and O–H groups in total. The highest BCUT2D eigenvalue weighted by Crippen LogP contribution is 2.47. The van der Waals surface area contributed by atoms with Gasteiger partial charge < -0.3 is 18.9 Å². The summed E-state index contributed by atoms with van der Waals surface area (Å²) in [5, 5.41) is 3.56. The van der Waals surface area contributed by atoms with Crippen LogP contribution in [0.4, 0.5) is 0 Å². The Morgan fingerprint density at radius 1 is 1.17 bits per heavy atom. The van der Waals surface area contributed by atoms with Crippen LogP contribution >= 0.6 is 0 Å². The molecule has 24 heavy (non-hydrogen) atoms. The number of fused-ring (bicyclic) bond motifs is 1. The Balaban J connectivity index is 2.10. The molecule has 0 aromatic heterocycles. The molecule has 0 spiro atoms. The van der Waals surface area contributed by atoms with Crippen LogP contribution < -0.4 is 18.9 Å². The summed E-state index contributed by atoms with van der Waals surface area (Å²) in [5.41, 5.74) is 10.1. The lowest BCUT2D eigenvalue weighted by Gasteiger charge is -2.28. The summed E-state index contributed by atoms with van der Waals surface area (Å²) < 4.78 is 22.7. The number of benzene rings is 2. The lowest BCUT2D eigenvalue weighted by molar-refractivity contribution is 0.0976. The quantitative estimate of drug-likeness (QED) is 0.474. The van der Waals surface area contributed by atoms with Crippen molar-refractivity contribution in [2.24, 2.45) is 5.11 Å². The van der Waals surface area contributed by atoms with E-state index in [9.17, 15) is 0 Å². The van der Waals surface area contributed by atoms with Crippen molar-refractivity contribution >= 4 is 0 Å². The molecular weight excluding hydrogens is 310 g/mol. The number of nitrogens with zero attached hydrogens (tertiary/aromatic N) is 3. The van der Waals surface area contributed by atoms with Crippen molar-refractivity contribution in [1.29, 1.82) is 0 Å². The highest BCUT2D eigenvalue weighted by molar-refractivity contribution is 5.83. The SMILES string of the molecule is COc1cccc(OC)c1-c1cccc2c1O[C@@H](CN=[N+]=[N-])CO2. The van der Waals surface area contributed by atoms with Crippen LogP contribution in [0, 0.1) is 0 Å². The lowest BCUT2D eigenvalue weighted by Crippen LogP contribution is -2.31. The third-order valence-corrected chi connectivity index (χ3v) is 3.73. The summed E-state index contributed by atoms with van der Waals surface area (Å²) in [6.07, 6.45) is -0.338. The van der Waals surface area contributed by atoms with Gasteiger partial charge >= 0.3 is 0 Å². The fourth-order valence-electron chi connectivity index (χ4n) is 2.67.